The first-order valence-corrected chi connectivity index (χ1v) is 13.1. The molecular weight excluding hydrogens is 446 g/mol. The molecule has 3 rings (SSSR count). The Balaban J connectivity index is 1.55. The number of halogens is 1. The second-order valence-corrected chi connectivity index (χ2v) is 11.6. The molecule has 0 unspecified atom stereocenters. The van der Waals surface area contributed by atoms with Crippen molar-refractivity contribution in [3.05, 3.63) is 58.6 Å². The highest BCUT2D eigenvalue weighted by atomic mass is 35.5. The molecule has 0 bridgehead atoms. The van der Waals surface area contributed by atoms with Crippen LogP contribution in [0.3, 0.4) is 0 Å². The molecule has 7 nitrogen and oxygen atoms in total. The fraction of sp³-hybridized carbons (Fsp3) is 0.400. The fourth-order valence-electron chi connectivity index (χ4n) is 3.30. The number of anilines is 1. The van der Waals surface area contributed by atoms with Crippen LogP contribution in [0.25, 0.3) is 0 Å². The topological polar surface area (TPSA) is 86.8 Å². The Kier molecular flexibility index (Phi) is 7.09. The Bertz CT molecular complexity index is 1110. The van der Waals surface area contributed by atoms with Gasteiger partial charge in [0.1, 0.15) is 0 Å². The molecule has 0 aromatic heterocycles. The van der Waals surface area contributed by atoms with Crippen molar-refractivity contribution >= 4 is 37.3 Å². The van der Waals surface area contributed by atoms with Crippen LogP contribution in [0.4, 0.5) is 5.69 Å². The molecule has 0 atom stereocenters. The van der Waals surface area contributed by atoms with Gasteiger partial charge in [-0.25, -0.2) is 21.6 Å². The van der Waals surface area contributed by atoms with Crippen LogP contribution in [0.15, 0.2) is 47.4 Å². The predicted octanol–water partition coefficient (Wildman–Crippen LogP) is 2.39. The summed E-state index contributed by atoms with van der Waals surface area (Å²) in [5, 5.41) is 0.638. The third-order valence-electron chi connectivity index (χ3n) is 5.25. The number of nitrogens with zero attached hydrogens (tertiary/aromatic N) is 2. The van der Waals surface area contributed by atoms with Crippen molar-refractivity contribution in [3.63, 3.8) is 0 Å². The van der Waals surface area contributed by atoms with Crippen LogP contribution in [-0.4, -0.2) is 59.6 Å². The van der Waals surface area contributed by atoms with E-state index in [1.807, 2.05) is 32.0 Å². The maximum absolute atomic E-state index is 12.7. The van der Waals surface area contributed by atoms with Crippen LogP contribution in [0.2, 0.25) is 5.02 Å². The fourth-order valence-corrected chi connectivity index (χ4v) is 6.06. The summed E-state index contributed by atoms with van der Waals surface area (Å²) < 4.78 is 54.0. The highest BCUT2D eigenvalue weighted by molar-refractivity contribution is 7.90. The Hall–Kier alpha value is -1.65. The molecule has 2 aromatic rings. The SMILES string of the molecule is Cc1ccc(S(=O)(=O)NCCS(=O)(=O)N2CCN(c3cccc(Cl)c3)CC2)cc1C. The molecule has 0 radical (unpaired) electrons. The van der Waals surface area contributed by atoms with E-state index in [1.165, 1.54) is 10.4 Å². The van der Waals surface area contributed by atoms with E-state index in [1.54, 1.807) is 18.2 Å². The summed E-state index contributed by atoms with van der Waals surface area (Å²) in [7, 11) is -7.32. The lowest BCUT2D eigenvalue weighted by Crippen LogP contribution is -2.50. The van der Waals surface area contributed by atoms with Gasteiger partial charge in [0.2, 0.25) is 20.0 Å². The monoisotopic (exact) mass is 471 g/mol. The number of piperazine rings is 1. The molecule has 1 heterocycles. The van der Waals surface area contributed by atoms with E-state index in [0.29, 0.717) is 31.2 Å². The van der Waals surface area contributed by atoms with E-state index in [4.69, 9.17) is 11.6 Å². The van der Waals surface area contributed by atoms with Crippen LogP contribution < -0.4 is 9.62 Å². The van der Waals surface area contributed by atoms with E-state index in [9.17, 15) is 16.8 Å². The zero-order chi connectivity index (χ0) is 21.9. The van der Waals surface area contributed by atoms with Gasteiger partial charge in [-0.05, 0) is 55.3 Å². The quantitative estimate of drug-likeness (QED) is 0.670. The zero-order valence-corrected chi connectivity index (χ0v) is 19.4. The van der Waals surface area contributed by atoms with Crippen molar-refractivity contribution in [1.82, 2.24) is 9.03 Å². The van der Waals surface area contributed by atoms with Crippen LogP contribution in [-0.2, 0) is 20.0 Å². The number of nitrogens with one attached hydrogen (secondary N) is 1. The van der Waals surface area contributed by atoms with Crippen LogP contribution in [0.1, 0.15) is 11.1 Å². The molecule has 1 aliphatic heterocycles. The maximum atomic E-state index is 12.7. The second kappa shape index (κ2) is 9.23. The first kappa shape index (κ1) is 23.0. The number of benzene rings is 2. The van der Waals surface area contributed by atoms with Gasteiger partial charge in [-0.1, -0.05) is 23.7 Å². The van der Waals surface area contributed by atoms with E-state index < -0.39 is 20.0 Å². The molecule has 10 heteroatoms. The highest BCUT2D eigenvalue weighted by Crippen LogP contribution is 2.21. The maximum Gasteiger partial charge on any atom is 0.240 e. The van der Waals surface area contributed by atoms with Crippen molar-refractivity contribution in [2.75, 3.05) is 43.4 Å². The number of hydrogen-bond acceptors (Lipinski definition) is 5. The largest absolute Gasteiger partial charge is 0.369 e. The minimum atomic E-state index is -3.76. The summed E-state index contributed by atoms with van der Waals surface area (Å²) in [4.78, 5) is 2.22. The standard InChI is InChI=1S/C20H26ClN3O4S2/c1-16-6-7-20(14-17(16)2)30(27,28)22-8-13-29(25,26)24-11-9-23(10-12-24)19-5-3-4-18(21)15-19/h3-7,14-15,22H,8-13H2,1-2H3. The summed E-state index contributed by atoms with van der Waals surface area (Å²) in [6, 6.07) is 12.3. The molecule has 1 aliphatic rings. The smallest absolute Gasteiger partial charge is 0.240 e. The third-order valence-corrected chi connectivity index (χ3v) is 8.81. The molecule has 0 aliphatic carbocycles. The van der Waals surface area contributed by atoms with E-state index >= 15 is 0 Å². The molecule has 1 fully saturated rings. The Labute approximate surface area is 183 Å². The summed E-state index contributed by atoms with van der Waals surface area (Å²) >= 11 is 6.03. The second-order valence-electron chi connectivity index (χ2n) is 7.33. The average molecular weight is 472 g/mol. The molecule has 0 spiro atoms. The minimum Gasteiger partial charge on any atom is -0.369 e. The summed E-state index contributed by atoms with van der Waals surface area (Å²) in [6.07, 6.45) is 0. The third kappa shape index (κ3) is 5.53. The lowest BCUT2D eigenvalue weighted by atomic mass is 10.1. The van der Waals surface area contributed by atoms with Gasteiger partial charge < -0.3 is 4.90 Å². The lowest BCUT2D eigenvalue weighted by molar-refractivity contribution is 0.385. The predicted molar refractivity (Wildman–Crippen MR) is 120 cm³/mol. The molecule has 30 heavy (non-hydrogen) atoms. The van der Waals surface area contributed by atoms with Gasteiger partial charge in [0, 0.05) is 43.4 Å². The van der Waals surface area contributed by atoms with E-state index in [0.717, 1.165) is 16.8 Å². The van der Waals surface area contributed by atoms with Crippen LogP contribution in [0.5, 0.6) is 0 Å². The van der Waals surface area contributed by atoms with Crippen molar-refractivity contribution in [2.24, 2.45) is 0 Å². The van der Waals surface area contributed by atoms with Gasteiger partial charge in [-0.2, -0.15) is 4.31 Å². The molecule has 2 aromatic carbocycles. The summed E-state index contributed by atoms with van der Waals surface area (Å²) in [6.45, 7) is 5.35. The van der Waals surface area contributed by atoms with Gasteiger partial charge in [-0.3, -0.25) is 0 Å². The number of sulfonamides is 2. The molecular formula is C20H26ClN3O4S2. The molecule has 1 saturated heterocycles. The van der Waals surface area contributed by atoms with Crippen LogP contribution in [0, 0.1) is 13.8 Å². The van der Waals surface area contributed by atoms with Gasteiger partial charge in [0.25, 0.3) is 0 Å². The molecule has 0 saturated carbocycles. The van der Waals surface area contributed by atoms with Crippen LogP contribution >= 0.6 is 11.6 Å². The first-order valence-electron chi connectivity index (χ1n) is 9.64. The Morgan fingerprint density at radius 2 is 1.63 bits per heavy atom. The lowest BCUT2D eigenvalue weighted by Gasteiger charge is -2.35. The van der Waals surface area contributed by atoms with Gasteiger partial charge >= 0.3 is 0 Å². The Morgan fingerprint density at radius 3 is 2.27 bits per heavy atom. The van der Waals surface area contributed by atoms with Gasteiger partial charge in [0.05, 0.1) is 10.6 Å². The van der Waals surface area contributed by atoms with Gasteiger partial charge in [-0.15, -0.1) is 0 Å². The van der Waals surface area contributed by atoms with E-state index in [2.05, 4.69) is 9.62 Å². The van der Waals surface area contributed by atoms with Crippen molar-refractivity contribution in [3.8, 4) is 0 Å². The number of rotatable bonds is 7. The summed E-state index contributed by atoms with van der Waals surface area (Å²) in [5.74, 6) is -0.283. The first-order chi connectivity index (χ1) is 14.1. The minimum absolute atomic E-state index is 0.137. The average Bonchev–Trinajstić information content (AvgIpc) is 2.70. The van der Waals surface area contributed by atoms with E-state index in [-0.39, 0.29) is 17.2 Å². The molecule has 164 valence electrons. The molecule has 1 N–H and O–H groups in total. The van der Waals surface area contributed by atoms with Crippen molar-refractivity contribution < 1.29 is 16.8 Å². The highest BCUT2D eigenvalue weighted by Gasteiger charge is 2.27. The summed E-state index contributed by atoms with van der Waals surface area (Å²) in [5.41, 5.74) is 2.82. The number of hydrogen-bond donors (Lipinski definition) is 1. The van der Waals surface area contributed by atoms with Crippen molar-refractivity contribution in [2.45, 2.75) is 18.7 Å². The normalized spacial score (nSPS) is 16.0. The number of aryl methyl sites for hydroxylation is 2. The Morgan fingerprint density at radius 1 is 0.933 bits per heavy atom. The zero-order valence-electron chi connectivity index (χ0n) is 17.0. The van der Waals surface area contributed by atoms with Gasteiger partial charge in [0.15, 0.2) is 0 Å². The molecule has 0 amide bonds. The van der Waals surface area contributed by atoms with Crippen molar-refractivity contribution in [1.29, 1.82) is 0 Å².